The van der Waals surface area contributed by atoms with Crippen LogP contribution in [0.15, 0.2) is 48.8 Å². The van der Waals surface area contributed by atoms with Crippen molar-refractivity contribution in [1.82, 2.24) is 15.2 Å². The number of pyridine rings is 1. The Bertz CT molecular complexity index is 656. The Morgan fingerprint density at radius 3 is 2.78 bits per heavy atom. The van der Waals surface area contributed by atoms with Gasteiger partial charge in [-0.3, -0.25) is 14.7 Å². The predicted molar refractivity (Wildman–Crippen MR) is 91.6 cm³/mol. The van der Waals surface area contributed by atoms with E-state index in [-0.39, 0.29) is 11.9 Å². The minimum Gasteiger partial charge on any atom is -0.350 e. The standard InChI is InChI=1S/C18H20ClN3O/c19-16-7-3-5-14(11-16)17(22-9-1-2-10-22)13-21-18(23)15-6-4-8-20-12-15/h3-8,11-12,17H,1-2,9-10,13H2,(H,21,23). The number of nitrogens with zero attached hydrogens (tertiary/aromatic N) is 2. The molecule has 23 heavy (non-hydrogen) atoms. The van der Waals surface area contributed by atoms with Crippen LogP contribution in [0, 0.1) is 0 Å². The summed E-state index contributed by atoms with van der Waals surface area (Å²) in [7, 11) is 0. The van der Waals surface area contributed by atoms with Gasteiger partial charge in [0.2, 0.25) is 0 Å². The highest BCUT2D eigenvalue weighted by Gasteiger charge is 2.24. The normalized spacial score (nSPS) is 16.2. The molecule has 0 bridgehead atoms. The van der Waals surface area contributed by atoms with Crippen LogP contribution < -0.4 is 5.32 Å². The van der Waals surface area contributed by atoms with Gasteiger partial charge >= 0.3 is 0 Å². The highest BCUT2D eigenvalue weighted by molar-refractivity contribution is 6.30. The summed E-state index contributed by atoms with van der Waals surface area (Å²) in [5.41, 5.74) is 1.73. The van der Waals surface area contributed by atoms with E-state index in [0.29, 0.717) is 12.1 Å². The summed E-state index contributed by atoms with van der Waals surface area (Å²) in [6.45, 7) is 2.67. The molecule has 4 nitrogen and oxygen atoms in total. The lowest BCUT2D eigenvalue weighted by Gasteiger charge is -2.28. The highest BCUT2D eigenvalue weighted by Crippen LogP contribution is 2.26. The summed E-state index contributed by atoms with van der Waals surface area (Å²) in [6, 6.07) is 11.6. The van der Waals surface area contributed by atoms with Gasteiger partial charge in [0.1, 0.15) is 0 Å². The van der Waals surface area contributed by atoms with Gasteiger partial charge in [-0.05, 0) is 55.8 Å². The average Bonchev–Trinajstić information content (AvgIpc) is 3.10. The van der Waals surface area contributed by atoms with Gasteiger partial charge in [0.25, 0.3) is 5.91 Å². The molecule has 5 heteroatoms. The maximum atomic E-state index is 12.3. The van der Waals surface area contributed by atoms with E-state index < -0.39 is 0 Å². The Balaban J connectivity index is 1.72. The molecule has 120 valence electrons. The number of hydrogen-bond donors (Lipinski definition) is 1. The molecule has 1 aromatic carbocycles. The molecule has 1 unspecified atom stereocenters. The lowest BCUT2D eigenvalue weighted by Crippen LogP contribution is -2.36. The number of likely N-dealkylation sites (tertiary alicyclic amines) is 1. The smallest absolute Gasteiger partial charge is 0.252 e. The van der Waals surface area contributed by atoms with Crippen LogP contribution in [0.3, 0.4) is 0 Å². The molecule has 1 aromatic heterocycles. The molecule has 0 spiro atoms. The zero-order valence-electron chi connectivity index (χ0n) is 12.9. The van der Waals surface area contributed by atoms with Crippen molar-refractivity contribution in [2.75, 3.05) is 19.6 Å². The van der Waals surface area contributed by atoms with E-state index in [2.05, 4.69) is 21.3 Å². The Kier molecular flexibility index (Phi) is 5.26. The van der Waals surface area contributed by atoms with E-state index in [9.17, 15) is 4.79 Å². The molecule has 1 fully saturated rings. The number of amides is 1. The third-order valence-corrected chi connectivity index (χ3v) is 4.43. The van der Waals surface area contributed by atoms with Gasteiger partial charge in [0.05, 0.1) is 11.6 Å². The van der Waals surface area contributed by atoms with Crippen LogP contribution in [0.1, 0.15) is 34.8 Å². The monoisotopic (exact) mass is 329 g/mol. The van der Waals surface area contributed by atoms with Gasteiger partial charge in [-0.15, -0.1) is 0 Å². The van der Waals surface area contributed by atoms with Crippen LogP contribution in [0.2, 0.25) is 5.02 Å². The van der Waals surface area contributed by atoms with Crippen molar-refractivity contribution >= 4 is 17.5 Å². The lowest BCUT2D eigenvalue weighted by molar-refractivity contribution is 0.0937. The van der Waals surface area contributed by atoms with Crippen LogP contribution in [-0.2, 0) is 0 Å². The first kappa shape index (κ1) is 16.0. The topological polar surface area (TPSA) is 45.2 Å². The van der Waals surface area contributed by atoms with Crippen LogP contribution in [0.4, 0.5) is 0 Å². The van der Waals surface area contributed by atoms with Gasteiger partial charge in [-0.1, -0.05) is 23.7 Å². The largest absolute Gasteiger partial charge is 0.350 e. The number of hydrogen-bond acceptors (Lipinski definition) is 3. The Labute approximate surface area is 141 Å². The third kappa shape index (κ3) is 4.09. The minimum atomic E-state index is -0.0932. The maximum Gasteiger partial charge on any atom is 0.252 e. The predicted octanol–water partition coefficient (Wildman–Crippen LogP) is 3.30. The Morgan fingerprint density at radius 1 is 1.26 bits per heavy atom. The van der Waals surface area contributed by atoms with E-state index in [1.807, 2.05) is 18.2 Å². The van der Waals surface area contributed by atoms with Crippen molar-refractivity contribution in [3.05, 3.63) is 64.9 Å². The third-order valence-electron chi connectivity index (χ3n) is 4.19. The van der Waals surface area contributed by atoms with E-state index in [0.717, 1.165) is 23.7 Å². The fourth-order valence-electron chi connectivity index (χ4n) is 3.01. The lowest BCUT2D eigenvalue weighted by atomic mass is 10.1. The van der Waals surface area contributed by atoms with Crippen LogP contribution in [0.25, 0.3) is 0 Å². The van der Waals surface area contributed by atoms with Crippen LogP contribution in [0.5, 0.6) is 0 Å². The number of aromatic nitrogens is 1. The van der Waals surface area contributed by atoms with Gasteiger partial charge in [-0.2, -0.15) is 0 Å². The molecule has 1 aliphatic heterocycles. The van der Waals surface area contributed by atoms with E-state index >= 15 is 0 Å². The fourth-order valence-corrected chi connectivity index (χ4v) is 3.21. The molecule has 1 amide bonds. The first-order chi connectivity index (χ1) is 11.2. The zero-order chi connectivity index (χ0) is 16.1. The molecule has 0 saturated carbocycles. The fraction of sp³-hybridized carbons (Fsp3) is 0.333. The molecule has 1 N–H and O–H groups in total. The van der Waals surface area contributed by atoms with Crippen molar-refractivity contribution in [2.24, 2.45) is 0 Å². The summed E-state index contributed by atoms with van der Waals surface area (Å²) in [5.74, 6) is -0.0932. The van der Waals surface area contributed by atoms with E-state index in [1.165, 1.54) is 12.8 Å². The Morgan fingerprint density at radius 2 is 2.09 bits per heavy atom. The Hall–Kier alpha value is -1.91. The van der Waals surface area contributed by atoms with Gasteiger partial charge < -0.3 is 5.32 Å². The van der Waals surface area contributed by atoms with E-state index in [1.54, 1.807) is 24.5 Å². The molecule has 1 atom stereocenters. The van der Waals surface area contributed by atoms with Crippen molar-refractivity contribution in [1.29, 1.82) is 0 Å². The summed E-state index contributed by atoms with van der Waals surface area (Å²) in [6.07, 6.45) is 5.65. The molecule has 0 radical (unpaired) electrons. The zero-order valence-corrected chi connectivity index (χ0v) is 13.7. The van der Waals surface area contributed by atoms with Crippen LogP contribution in [-0.4, -0.2) is 35.4 Å². The minimum absolute atomic E-state index is 0.0932. The van der Waals surface area contributed by atoms with Crippen molar-refractivity contribution in [3.63, 3.8) is 0 Å². The quantitative estimate of drug-likeness (QED) is 0.915. The first-order valence-corrected chi connectivity index (χ1v) is 8.29. The molecular formula is C18H20ClN3O. The summed E-state index contributed by atoms with van der Waals surface area (Å²) < 4.78 is 0. The number of rotatable bonds is 5. The summed E-state index contributed by atoms with van der Waals surface area (Å²) >= 11 is 6.14. The van der Waals surface area contributed by atoms with Crippen molar-refractivity contribution in [2.45, 2.75) is 18.9 Å². The molecule has 3 rings (SSSR count). The SMILES string of the molecule is O=C(NCC(c1cccc(Cl)c1)N1CCCC1)c1cccnc1. The van der Waals surface area contributed by atoms with Crippen molar-refractivity contribution < 1.29 is 4.79 Å². The van der Waals surface area contributed by atoms with Gasteiger partial charge in [0, 0.05) is 24.0 Å². The number of halogens is 1. The average molecular weight is 330 g/mol. The second-order valence-electron chi connectivity index (χ2n) is 5.77. The molecule has 1 aliphatic rings. The number of carbonyl (C=O) groups excluding carboxylic acids is 1. The van der Waals surface area contributed by atoms with Gasteiger partial charge in [0.15, 0.2) is 0 Å². The summed E-state index contributed by atoms with van der Waals surface area (Å²) in [4.78, 5) is 18.7. The molecule has 0 aliphatic carbocycles. The summed E-state index contributed by atoms with van der Waals surface area (Å²) in [5, 5.41) is 3.76. The van der Waals surface area contributed by atoms with Crippen LogP contribution >= 0.6 is 11.6 Å². The van der Waals surface area contributed by atoms with Crippen molar-refractivity contribution in [3.8, 4) is 0 Å². The van der Waals surface area contributed by atoms with Gasteiger partial charge in [-0.25, -0.2) is 0 Å². The number of nitrogens with one attached hydrogen (secondary N) is 1. The first-order valence-electron chi connectivity index (χ1n) is 7.92. The second kappa shape index (κ2) is 7.57. The highest BCUT2D eigenvalue weighted by atomic mass is 35.5. The number of carbonyl (C=O) groups is 1. The molecular weight excluding hydrogens is 310 g/mol. The van der Waals surface area contributed by atoms with E-state index in [4.69, 9.17) is 11.6 Å². The molecule has 2 aromatic rings. The molecule has 2 heterocycles. The molecule has 1 saturated heterocycles. The second-order valence-corrected chi connectivity index (χ2v) is 6.20. The maximum absolute atomic E-state index is 12.3. The number of benzene rings is 1.